The molecule has 0 bridgehead atoms. The lowest BCUT2D eigenvalue weighted by molar-refractivity contribution is -0.390. The number of amides is 2. The van der Waals surface area contributed by atoms with Crippen molar-refractivity contribution in [1.29, 1.82) is 0 Å². The first-order valence-electron chi connectivity index (χ1n) is 6.61. The third-order valence-electron chi connectivity index (χ3n) is 2.80. The van der Waals surface area contributed by atoms with Crippen LogP contribution in [-0.4, -0.2) is 28.3 Å². The lowest BCUT2D eigenvalue weighted by Crippen LogP contribution is -2.34. The second-order valence-corrected chi connectivity index (χ2v) is 4.56. The van der Waals surface area contributed by atoms with Crippen molar-refractivity contribution in [1.82, 2.24) is 10.3 Å². The summed E-state index contributed by atoms with van der Waals surface area (Å²) >= 11 is 0. The Morgan fingerprint density at radius 1 is 1.22 bits per heavy atom. The zero-order valence-corrected chi connectivity index (χ0v) is 12.2. The third kappa shape index (κ3) is 4.34. The lowest BCUT2D eigenvalue weighted by Gasteiger charge is -2.07. The molecule has 8 nitrogen and oxygen atoms in total. The number of ether oxygens (including phenoxy) is 1. The Kier molecular flexibility index (Phi) is 4.98. The predicted molar refractivity (Wildman–Crippen MR) is 80.0 cm³/mol. The monoisotopic (exact) mass is 315 g/mol. The number of aromatic nitrogens is 1. The molecule has 2 amide bonds. The van der Waals surface area contributed by atoms with Crippen LogP contribution >= 0.6 is 0 Å². The van der Waals surface area contributed by atoms with Crippen LogP contribution in [0.4, 0.5) is 5.82 Å². The number of carbonyl (C=O) groups is 2. The molecule has 1 N–H and O–H groups in total. The second kappa shape index (κ2) is 7.12. The zero-order chi connectivity index (χ0) is 16.8. The number of nitrogens with zero attached hydrogens (tertiary/aromatic N) is 2. The van der Waals surface area contributed by atoms with Gasteiger partial charge in [-0.25, -0.2) is 0 Å². The van der Waals surface area contributed by atoms with Crippen LogP contribution in [0.5, 0.6) is 5.75 Å². The van der Waals surface area contributed by atoms with E-state index >= 15 is 0 Å². The average Bonchev–Trinajstić information content (AvgIpc) is 2.54. The number of imide groups is 1. The standard InChI is InChI=1S/C15H13N3O5/c1-10-7-8-12(14(16-10)18(21)22)23-9-13(19)17-15(20)11-5-3-2-4-6-11/h2-8H,9H2,1H3,(H,17,19,20). The van der Waals surface area contributed by atoms with Crippen LogP contribution in [0.15, 0.2) is 42.5 Å². The molecule has 0 spiro atoms. The molecule has 2 rings (SSSR count). The highest BCUT2D eigenvalue weighted by Gasteiger charge is 2.19. The van der Waals surface area contributed by atoms with Gasteiger partial charge in [0.2, 0.25) is 5.75 Å². The Morgan fingerprint density at radius 3 is 2.57 bits per heavy atom. The second-order valence-electron chi connectivity index (χ2n) is 4.56. The zero-order valence-electron chi connectivity index (χ0n) is 12.2. The van der Waals surface area contributed by atoms with Crippen molar-refractivity contribution in [2.75, 3.05) is 6.61 Å². The van der Waals surface area contributed by atoms with Crippen molar-refractivity contribution in [2.45, 2.75) is 6.92 Å². The van der Waals surface area contributed by atoms with Crippen molar-refractivity contribution in [2.24, 2.45) is 0 Å². The van der Waals surface area contributed by atoms with Crippen molar-refractivity contribution in [3.63, 3.8) is 0 Å². The van der Waals surface area contributed by atoms with E-state index in [0.29, 0.717) is 11.3 Å². The molecule has 1 heterocycles. The number of benzene rings is 1. The van der Waals surface area contributed by atoms with E-state index in [4.69, 9.17) is 4.74 Å². The van der Waals surface area contributed by atoms with Crippen molar-refractivity contribution in [3.05, 3.63) is 63.8 Å². The molecule has 2 aromatic rings. The van der Waals surface area contributed by atoms with E-state index < -0.39 is 29.2 Å². The van der Waals surface area contributed by atoms with Gasteiger partial charge < -0.3 is 14.9 Å². The molecule has 1 aromatic heterocycles. The molecule has 0 fully saturated rings. The SMILES string of the molecule is Cc1ccc(OCC(=O)NC(=O)c2ccccc2)c([N+](=O)[O-])n1. The van der Waals surface area contributed by atoms with E-state index in [1.807, 2.05) is 0 Å². The first kappa shape index (κ1) is 16.1. The smallest absolute Gasteiger partial charge is 0.406 e. The minimum absolute atomic E-state index is 0.136. The van der Waals surface area contributed by atoms with Gasteiger partial charge in [0.25, 0.3) is 11.8 Å². The van der Waals surface area contributed by atoms with Crippen LogP contribution in [0.2, 0.25) is 0 Å². The van der Waals surface area contributed by atoms with Crippen molar-refractivity contribution in [3.8, 4) is 5.75 Å². The summed E-state index contributed by atoms with van der Waals surface area (Å²) in [4.78, 5) is 37.4. The van der Waals surface area contributed by atoms with Gasteiger partial charge in [-0.15, -0.1) is 0 Å². The molecule has 0 aliphatic carbocycles. The van der Waals surface area contributed by atoms with Gasteiger partial charge in [-0.2, -0.15) is 0 Å². The molecular weight excluding hydrogens is 302 g/mol. The van der Waals surface area contributed by atoms with Gasteiger partial charge in [0.05, 0.1) is 0 Å². The molecule has 23 heavy (non-hydrogen) atoms. The van der Waals surface area contributed by atoms with Gasteiger partial charge in [0, 0.05) is 12.5 Å². The summed E-state index contributed by atoms with van der Waals surface area (Å²) in [6, 6.07) is 11.1. The highest BCUT2D eigenvalue weighted by Crippen LogP contribution is 2.24. The molecular formula is C15H13N3O5. The Balaban J connectivity index is 1.97. The molecule has 0 aliphatic heterocycles. The summed E-state index contributed by atoms with van der Waals surface area (Å²) in [5.74, 6) is -1.90. The fourth-order valence-corrected chi connectivity index (χ4v) is 1.74. The molecule has 118 valence electrons. The topological polar surface area (TPSA) is 111 Å². The molecule has 0 atom stereocenters. The first-order chi connectivity index (χ1) is 11.0. The summed E-state index contributed by atoms with van der Waals surface area (Å²) in [7, 11) is 0. The molecule has 0 saturated heterocycles. The maximum atomic E-state index is 11.8. The van der Waals surface area contributed by atoms with Gasteiger partial charge in [-0.3, -0.25) is 14.9 Å². The Morgan fingerprint density at radius 2 is 1.91 bits per heavy atom. The van der Waals surface area contributed by atoms with Gasteiger partial charge in [-0.05, 0) is 34.2 Å². The number of pyridine rings is 1. The van der Waals surface area contributed by atoms with Crippen molar-refractivity contribution >= 4 is 17.6 Å². The number of carbonyl (C=O) groups excluding carboxylic acids is 2. The number of rotatable bonds is 5. The molecule has 0 unspecified atom stereocenters. The fourth-order valence-electron chi connectivity index (χ4n) is 1.74. The van der Waals surface area contributed by atoms with E-state index in [-0.39, 0.29) is 5.75 Å². The average molecular weight is 315 g/mol. The van der Waals surface area contributed by atoms with Gasteiger partial charge in [-0.1, -0.05) is 18.2 Å². The molecule has 0 aliphatic rings. The molecule has 0 saturated carbocycles. The largest absolute Gasteiger partial charge is 0.476 e. The maximum absolute atomic E-state index is 11.8. The number of hydrogen-bond donors (Lipinski definition) is 1. The minimum atomic E-state index is -0.714. The summed E-state index contributed by atoms with van der Waals surface area (Å²) in [6.45, 7) is 1.06. The minimum Gasteiger partial charge on any atom is -0.476 e. The Labute approximate surface area is 131 Å². The van der Waals surface area contributed by atoms with Crippen molar-refractivity contribution < 1.29 is 19.2 Å². The lowest BCUT2D eigenvalue weighted by atomic mass is 10.2. The highest BCUT2D eigenvalue weighted by molar-refractivity contribution is 6.05. The van der Waals surface area contributed by atoms with Gasteiger partial charge in [0.15, 0.2) is 6.61 Å². The van der Waals surface area contributed by atoms with Gasteiger partial charge in [0.1, 0.15) is 5.69 Å². The quantitative estimate of drug-likeness (QED) is 0.663. The first-order valence-corrected chi connectivity index (χ1v) is 6.61. The van der Waals surface area contributed by atoms with E-state index in [0.717, 1.165) is 0 Å². The van der Waals surface area contributed by atoms with Crippen LogP contribution in [0, 0.1) is 17.0 Å². The maximum Gasteiger partial charge on any atom is 0.406 e. The fraction of sp³-hybridized carbons (Fsp3) is 0.133. The van der Waals surface area contributed by atoms with Crippen LogP contribution in [0.25, 0.3) is 0 Å². The van der Waals surface area contributed by atoms with Crippen LogP contribution < -0.4 is 10.1 Å². The van der Waals surface area contributed by atoms with Gasteiger partial charge >= 0.3 is 5.82 Å². The number of hydrogen-bond acceptors (Lipinski definition) is 6. The molecule has 1 aromatic carbocycles. The molecule has 8 heteroatoms. The normalized spacial score (nSPS) is 9.96. The Hall–Kier alpha value is -3.29. The summed E-state index contributed by atoms with van der Waals surface area (Å²) < 4.78 is 5.08. The van der Waals surface area contributed by atoms with E-state index in [2.05, 4.69) is 10.3 Å². The number of nitrogens with one attached hydrogen (secondary N) is 1. The summed E-state index contributed by atoms with van der Waals surface area (Å²) in [6.07, 6.45) is 0. The highest BCUT2D eigenvalue weighted by atomic mass is 16.6. The number of aryl methyl sites for hydroxylation is 1. The van der Waals surface area contributed by atoms with Crippen LogP contribution in [0.3, 0.4) is 0 Å². The van der Waals surface area contributed by atoms with Crippen LogP contribution in [0.1, 0.15) is 16.1 Å². The van der Waals surface area contributed by atoms with E-state index in [1.54, 1.807) is 37.3 Å². The predicted octanol–water partition coefficient (Wildman–Crippen LogP) is 1.63. The summed E-state index contributed by atoms with van der Waals surface area (Å²) in [5, 5.41) is 13.0. The van der Waals surface area contributed by atoms with E-state index in [9.17, 15) is 19.7 Å². The van der Waals surface area contributed by atoms with E-state index in [1.165, 1.54) is 12.1 Å². The van der Waals surface area contributed by atoms with Crippen LogP contribution in [-0.2, 0) is 4.79 Å². The number of nitro groups is 1. The molecule has 0 radical (unpaired) electrons. The Bertz CT molecular complexity index is 746. The third-order valence-corrected chi connectivity index (χ3v) is 2.80. The summed E-state index contributed by atoms with van der Waals surface area (Å²) in [5.41, 5.74) is 0.775.